The first-order valence-electron chi connectivity index (χ1n) is 6.09. The maximum absolute atomic E-state index is 12.5. The molecular weight excluding hydrogens is 236 g/mol. The van der Waals surface area contributed by atoms with Crippen LogP contribution in [0.4, 0.5) is 0 Å². The number of carbonyl (C=O) groups is 1. The number of nitrogens with zero attached hydrogens (tertiary/aromatic N) is 1. The lowest BCUT2D eigenvalue weighted by Crippen LogP contribution is -2.48. The van der Waals surface area contributed by atoms with E-state index in [1.165, 1.54) is 0 Å². The minimum absolute atomic E-state index is 0.0800. The molecule has 98 valence electrons. The van der Waals surface area contributed by atoms with E-state index >= 15 is 0 Å². The first kappa shape index (κ1) is 14.4. The van der Waals surface area contributed by atoms with Crippen molar-refractivity contribution >= 4 is 23.1 Å². The quantitative estimate of drug-likeness (QED) is 0.700. The molecule has 0 saturated heterocycles. The standard InChI is InChI=1S/C12H22N2O2S/c1-4-9(2)14(7-8-16-3)11(15)12(5-6-12)10(13)17/h9H,4-8H2,1-3H3,(H2,13,17). The van der Waals surface area contributed by atoms with E-state index in [1.807, 2.05) is 11.8 Å². The van der Waals surface area contributed by atoms with Crippen LogP contribution >= 0.6 is 12.2 Å². The van der Waals surface area contributed by atoms with Crippen LogP contribution in [0.25, 0.3) is 0 Å². The van der Waals surface area contributed by atoms with Gasteiger partial charge >= 0.3 is 0 Å². The van der Waals surface area contributed by atoms with Crippen molar-refractivity contribution in [1.82, 2.24) is 4.90 Å². The molecule has 1 aliphatic rings. The number of hydrogen-bond donors (Lipinski definition) is 1. The van der Waals surface area contributed by atoms with Crippen molar-refractivity contribution in [3.8, 4) is 0 Å². The van der Waals surface area contributed by atoms with E-state index in [-0.39, 0.29) is 11.9 Å². The van der Waals surface area contributed by atoms with E-state index in [1.54, 1.807) is 7.11 Å². The second-order valence-electron chi connectivity index (χ2n) is 4.69. The summed E-state index contributed by atoms with van der Waals surface area (Å²) >= 11 is 5.02. The zero-order valence-electron chi connectivity index (χ0n) is 10.9. The summed E-state index contributed by atoms with van der Waals surface area (Å²) in [7, 11) is 1.64. The molecule has 0 aromatic carbocycles. The molecule has 0 aromatic rings. The third-order valence-electron chi connectivity index (χ3n) is 3.55. The molecule has 17 heavy (non-hydrogen) atoms. The zero-order chi connectivity index (χ0) is 13.1. The van der Waals surface area contributed by atoms with Crippen LogP contribution < -0.4 is 5.73 Å². The number of amides is 1. The highest BCUT2D eigenvalue weighted by Gasteiger charge is 2.54. The number of rotatable bonds is 7. The van der Waals surface area contributed by atoms with Gasteiger partial charge in [-0.15, -0.1) is 0 Å². The Kier molecular flexibility index (Phi) is 4.89. The Morgan fingerprint density at radius 3 is 2.53 bits per heavy atom. The molecule has 1 unspecified atom stereocenters. The summed E-state index contributed by atoms with van der Waals surface area (Å²) in [5.41, 5.74) is 5.15. The van der Waals surface area contributed by atoms with Gasteiger partial charge in [-0.3, -0.25) is 4.79 Å². The second-order valence-corrected chi connectivity index (χ2v) is 5.13. The van der Waals surface area contributed by atoms with Gasteiger partial charge in [-0.1, -0.05) is 19.1 Å². The maximum atomic E-state index is 12.5. The van der Waals surface area contributed by atoms with Gasteiger partial charge in [0.25, 0.3) is 0 Å². The highest BCUT2D eigenvalue weighted by Crippen LogP contribution is 2.47. The number of carbonyl (C=O) groups excluding carboxylic acids is 1. The van der Waals surface area contributed by atoms with Crippen molar-refractivity contribution in [1.29, 1.82) is 0 Å². The van der Waals surface area contributed by atoms with Crippen LogP contribution in [-0.4, -0.2) is 42.1 Å². The average Bonchev–Trinajstić information content (AvgIpc) is 3.09. The SMILES string of the molecule is CCC(C)N(CCOC)C(=O)C1(C(N)=S)CC1. The fourth-order valence-corrected chi connectivity index (χ4v) is 2.19. The van der Waals surface area contributed by atoms with E-state index in [0.717, 1.165) is 19.3 Å². The lowest BCUT2D eigenvalue weighted by atomic mass is 10.0. The predicted octanol–water partition coefficient (Wildman–Crippen LogP) is 1.33. The molecule has 0 aliphatic heterocycles. The van der Waals surface area contributed by atoms with Crippen LogP contribution in [0.3, 0.4) is 0 Å². The molecular formula is C12H22N2O2S. The van der Waals surface area contributed by atoms with Gasteiger partial charge in [-0.25, -0.2) is 0 Å². The second kappa shape index (κ2) is 5.78. The van der Waals surface area contributed by atoms with Crippen LogP contribution in [-0.2, 0) is 9.53 Å². The van der Waals surface area contributed by atoms with Crippen molar-refractivity contribution in [2.45, 2.75) is 39.2 Å². The third kappa shape index (κ3) is 2.96. The fourth-order valence-electron chi connectivity index (χ4n) is 1.90. The molecule has 1 rings (SSSR count). The summed E-state index contributed by atoms with van der Waals surface area (Å²) in [5.74, 6) is 0.0800. The Morgan fingerprint density at radius 1 is 1.59 bits per heavy atom. The topological polar surface area (TPSA) is 55.6 Å². The predicted molar refractivity (Wildman–Crippen MR) is 71.8 cm³/mol. The van der Waals surface area contributed by atoms with Gasteiger partial charge in [-0.2, -0.15) is 0 Å². The minimum Gasteiger partial charge on any atom is -0.392 e. The molecule has 0 spiro atoms. The van der Waals surface area contributed by atoms with Crippen molar-refractivity contribution in [2.75, 3.05) is 20.3 Å². The monoisotopic (exact) mass is 258 g/mol. The van der Waals surface area contributed by atoms with E-state index in [2.05, 4.69) is 6.92 Å². The number of thiocarbonyl (C=S) groups is 1. The normalized spacial score (nSPS) is 18.5. The van der Waals surface area contributed by atoms with Crippen LogP contribution in [0.5, 0.6) is 0 Å². The molecule has 1 atom stereocenters. The van der Waals surface area contributed by atoms with Gasteiger partial charge in [0.2, 0.25) is 5.91 Å². The molecule has 2 N–H and O–H groups in total. The van der Waals surface area contributed by atoms with Crippen LogP contribution in [0.1, 0.15) is 33.1 Å². The molecule has 1 fully saturated rings. The molecule has 0 aromatic heterocycles. The summed E-state index contributed by atoms with van der Waals surface area (Å²) in [6.45, 7) is 5.26. The number of ether oxygens (including phenoxy) is 1. The fraction of sp³-hybridized carbons (Fsp3) is 0.833. The molecule has 0 heterocycles. The van der Waals surface area contributed by atoms with Crippen LogP contribution in [0.2, 0.25) is 0 Å². The molecule has 5 heteroatoms. The number of methoxy groups -OCH3 is 1. The smallest absolute Gasteiger partial charge is 0.235 e. The highest BCUT2D eigenvalue weighted by molar-refractivity contribution is 7.80. The summed E-state index contributed by atoms with van der Waals surface area (Å²) in [6, 6.07) is 0.199. The molecule has 1 amide bonds. The minimum atomic E-state index is -0.549. The molecule has 4 nitrogen and oxygen atoms in total. The lowest BCUT2D eigenvalue weighted by Gasteiger charge is -2.31. The van der Waals surface area contributed by atoms with Crippen molar-refractivity contribution in [3.63, 3.8) is 0 Å². The molecule has 1 aliphatic carbocycles. The van der Waals surface area contributed by atoms with Gasteiger partial charge in [0.1, 0.15) is 0 Å². The Morgan fingerprint density at radius 2 is 2.18 bits per heavy atom. The van der Waals surface area contributed by atoms with Crippen molar-refractivity contribution in [2.24, 2.45) is 11.1 Å². The van der Waals surface area contributed by atoms with Gasteiger partial charge in [-0.05, 0) is 26.2 Å². The Bertz CT molecular complexity index is 303. The largest absolute Gasteiger partial charge is 0.392 e. The van der Waals surface area contributed by atoms with Gasteiger partial charge < -0.3 is 15.4 Å². The number of nitrogens with two attached hydrogens (primary N) is 1. The van der Waals surface area contributed by atoms with E-state index in [9.17, 15) is 4.79 Å². The molecule has 1 saturated carbocycles. The average molecular weight is 258 g/mol. The summed E-state index contributed by atoms with van der Waals surface area (Å²) in [5, 5.41) is 0. The van der Waals surface area contributed by atoms with Crippen LogP contribution in [0.15, 0.2) is 0 Å². The van der Waals surface area contributed by atoms with Crippen molar-refractivity contribution < 1.29 is 9.53 Å². The third-order valence-corrected chi connectivity index (χ3v) is 3.94. The Balaban J connectivity index is 2.76. The number of hydrogen-bond acceptors (Lipinski definition) is 3. The lowest BCUT2D eigenvalue weighted by molar-refractivity contribution is -0.137. The summed E-state index contributed by atoms with van der Waals surface area (Å²) in [6.07, 6.45) is 2.50. The van der Waals surface area contributed by atoms with E-state index in [0.29, 0.717) is 18.1 Å². The highest BCUT2D eigenvalue weighted by atomic mass is 32.1. The first-order valence-corrected chi connectivity index (χ1v) is 6.50. The van der Waals surface area contributed by atoms with Crippen molar-refractivity contribution in [3.05, 3.63) is 0 Å². The summed E-state index contributed by atoms with van der Waals surface area (Å²) in [4.78, 5) is 14.7. The first-order chi connectivity index (χ1) is 7.99. The van der Waals surface area contributed by atoms with Gasteiger partial charge in [0.15, 0.2) is 0 Å². The van der Waals surface area contributed by atoms with Gasteiger partial charge in [0.05, 0.1) is 17.0 Å². The Labute approximate surface area is 108 Å². The van der Waals surface area contributed by atoms with Gasteiger partial charge in [0, 0.05) is 19.7 Å². The molecule has 0 radical (unpaired) electrons. The molecule has 0 bridgehead atoms. The maximum Gasteiger partial charge on any atom is 0.235 e. The van der Waals surface area contributed by atoms with E-state index < -0.39 is 5.41 Å². The summed E-state index contributed by atoms with van der Waals surface area (Å²) < 4.78 is 5.05. The zero-order valence-corrected chi connectivity index (χ0v) is 11.7. The van der Waals surface area contributed by atoms with Crippen LogP contribution in [0, 0.1) is 5.41 Å². The Hall–Kier alpha value is -0.680. The van der Waals surface area contributed by atoms with E-state index in [4.69, 9.17) is 22.7 Å².